The van der Waals surface area contributed by atoms with Crippen LogP contribution in [0.1, 0.15) is 40.3 Å². The Morgan fingerprint density at radius 2 is 2.03 bits per heavy atom. The van der Waals surface area contributed by atoms with Gasteiger partial charge < -0.3 is 24.7 Å². The molecule has 7 nitrogen and oxygen atoms in total. The molecule has 1 atom stereocenters. The molecular formula is C26H30N4O3. The maximum atomic E-state index is 12.3. The number of amides is 1. The Hall–Kier alpha value is -3.58. The van der Waals surface area contributed by atoms with E-state index in [0.717, 1.165) is 31.2 Å². The number of aliphatic imine (C=N–C) groups is 1. The van der Waals surface area contributed by atoms with E-state index in [9.17, 15) is 4.79 Å². The number of rotatable bonds is 6. The summed E-state index contributed by atoms with van der Waals surface area (Å²) in [5.41, 5.74) is 4.17. The van der Waals surface area contributed by atoms with Crippen molar-refractivity contribution in [2.24, 2.45) is 4.99 Å². The van der Waals surface area contributed by atoms with Crippen LogP contribution < -0.4 is 10.6 Å². The third-order valence-corrected chi connectivity index (χ3v) is 5.58. The molecule has 1 aliphatic rings. The number of hydrogen-bond acceptors (Lipinski definition) is 4. The summed E-state index contributed by atoms with van der Waals surface area (Å²) in [5, 5.41) is 6.28. The van der Waals surface area contributed by atoms with Gasteiger partial charge in [0.15, 0.2) is 11.7 Å². The maximum absolute atomic E-state index is 12.3. The molecular weight excluding hydrogens is 416 g/mol. The summed E-state index contributed by atoms with van der Waals surface area (Å²) in [6, 6.07) is 19.4. The summed E-state index contributed by atoms with van der Waals surface area (Å²) in [6.45, 7) is 7.65. The number of ether oxygens (including phenoxy) is 1. The van der Waals surface area contributed by atoms with Crippen molar-refractivity contribution >= 4 is 17.6 Å². The van der Waals surface area contributed by atoms with Crippen molar-refractivity contribution in [2.45, 2.75) is 26.5 Å². The number of nitrogens with zero attached hydrogens (tertiary/aromatic N) is 2. The van der Waals surface area contributed by atoms with Gasteiger partial charge in [0.1, 0.15) is 6.10 Å². The van der Waals surface area contributed by atoms with Crippen molar-refractivity contribution in [3.05, 3.63) is 89.4 Å². The highest BCUT2D eigenvalue weighted by Crippen LogP contribution is 2.25. The Morgan fingerprint density at radius 1 is 1.15 bits per heavy atom. The predicted octanol–water partition coefficient (Wildman–Crippen LogP) is 4.38. The molecule has 1 unspecified atom stereocenters. The van der Waals surface area contributed by atoms with Gasteiger partial charge in [0, 0.05) is 18.8 Å². The van der Waals surface area contributed by atoms with Crippen LogP contribution in [0.4, 0.5) is 5.69 Å². The van der Waals surface area contributed by atoms with E-state index in [4.69, 9.17) is 14.1 Å². The van der Waals surface area contributed by atoms with Crippen molar-refractivity contribution < 1.29 is 13.9 Å². The molecule has 2 aromatic carbocycles. The van der Waals surface area contributed by atoms with Crippen LogP contribution in [-0.2, 0) is 11.3 Å². The lowest BCUT2D eigenvalue weighted by Gasteiger charge is -2.35. The molecule has 1 fully saturated rings. The minimum Gasteiger partial charge on any atom is -0.459 e. The smallest absolute Gasteiger partial charge is 0.291 e. The van der Waals surface area contributed by atoms with Gasteiger partial charge in [-0.25, -0.2) is 4.99 Å². The second-order valence-corrected chi connectivity index (χ2v) is 7.96. The number of benzene rings is 2. The molecule has 3 aromatic rings. The second-order valence-electron chi connectivity index (χ2n) is 7.96. The molecule has 0 saturated carbocycles. The lowest BCUT2D eigenvalue weighted by Crippen LogP contribution is -2.48. The first-order valence-corrected chi connectivity index (χ1v) is 11.3. The molecule has 1 amide bonds. The average molecular weight is 447 g/mol. The summed E-state index contributed by atoms with van der Waals surface area (Å²) in [6.07, 6.45) is 1.50. The molecule has 0 bridgehead atoms. The van der Waals surface area contributed by atoms with E-state index in [0.29, 0.717) is 18.8 Å². The zero-order valence-corrected chi connectivity index (χ0v) is 19.1. The first-order chi connectivity index (χ1) is 16.1. The van der Waals surface area contributed by atoms with Crippen LogP contribution >= 0.6 is 0 Å². The molecule has 2 N–H and O–H groups in total. The van der Waals surface area contributed by atoms with Gasteiger partial charge in [-0.1, -0.05) is 36.4 Å². The van der Waals surface area contributed by atoms with E-state index in [2.05, 4.69) is 53.6 Å². The molecule has 0 aliphatic carbocycles. The fourth-order valence-electron chi connectivity index (χ4n) is 3.92. The van der Waals surface area contributed by atoms with Gasteiger partial charge in [-0.3, -0.25) is 4.79 Å². The normalized spacial score (nSPS) is 16.5. The predicted molar refractivity (Wildman–Crippen MR) is 129 cm³/mol. The van der Waals surface area contributed by atoms with Gasteiger partial charge in [-0.2, -0.15) is 0 Å². The fourth-order valence-corrected chi connectivity index (χ4v) is 3.92. The van der Waals surface area contributed by atoms with Crippen LogP contribution in [0.2, 0.25) is 0 Å². The Balaban J connectivity index is 1.45. The van der Waals surface area contributed by atoms with Gasteiger partial charge in [0.05, 0.1) is 26.0 Å². The molecule has 4 rings (SSSR count). The number of anilines is 1. The monoisotopic (exact) mass is 446 g/mol. The molecule has 0 spiro atoms. The number of carbonyl (C=O) groups is 1. The first kappa shape index (κ1) is 22.6. The number of guanidine groups is 1. The van der Waals surface area contributed by atoms with E-state index >= 15 is 0 Å². The van der Waals surface area contributed by atoms with Gasteiger partial charge >= 0.3 is 0 Å². The van der Waals surface area contributed by atoms with Gasteiger partial charge in [-0.05, 0) is 54.8 Å². The Morgan fingerprint density at radius 3 is 2.82 bits per heavy atom. The molecule has 33 heavy (non-hydrogen) atoms. The van der Waals surface area contributed by atoms with Crippen molar-refractivity contribution in [2.75, 3.05) is 31.6 Å². The largest absolute Gasteiger partial charge is 0.459 e. The highest BCUT2D eigenvalue weighted by atomic mass is 16.5. The molecule has 0 radical (unpaired) electrons. The molecule has 7 heteroatoms. The minimum absolute atomic E-state index is 0.0175. The Kier molecular flexibility index (Phi) is 7.42. The highest BCUT2D eigenvalue weighted by Gasteiger charge is 2.25. The summed E-state index contributed by atoms with van der Waals surface area (Å²) in [4.78, 5) is 19.4. The molecule has 172 valence electrons. The number of nitrogens with one attached hydrogen (secondary N) is 2. The van der Waals surface area contributed by atoms with Gasteiger partial charge in [0.25, 0.3) is 5.91 Å². The highest BCUT2D eigenvalue weighted by molar-refractivity contribution is 6.02. The zero-order valence-electron chi connectivity index (χ0n) is 19.1. The Bertz CT molecular complexity index is 1090. The van der Waals surface area contributed by atoms with E-state index in [-0.39, 0.29) is 17.8 Å². The van der Waals surface area contributed by atoms with Gasteiger partial charge in [-0.15, -0.1) is 0 Å². The summed E-state index contributed by atoms with van der Waals surface area (Å²) >= 11 is 0. The topological polar surface area (TPSA) is 79.1 Å². The van der Waals surface area contributed by atoms with Crippen LogP contribution in [0.15, 0.2) is 76.3 Å². The van der Waals surface area contributed by atoms with E-state index in [1.165, 1.54) is 17.4 Å². The summed E-state index contributed by atoms with van der Waals surface area (Å²) in [5.74, 6) is 0.873. The van der Waals surface area contributed by atoms with E-state index < -0.39 is 0 Å². The number of aryl methyl sites for hydroxylation is 1. The lowest BCUT2D eigenvalue weighted by atomic mass is 10.0. The standard InChI is InChI=1S/C26H30N4O3/c1-3-27-26(30-13-15-33-24(18-30)22-11-5-4-8-19(22)2)28-17-20-9-6-10-21(16-20)29-25(31)23-12-7-14-32-23/h4-12,14,16,24H,3,13,15,17-18H2,1-2H3,(H,27,28)(H,29,31). The van der Waals surface area contributed by atoms with Crippen LogP contribution in [-0.4, -0.2) is 43.0 Å². The van der Waals surface area contributed by atoms with Crippen LogP contribution in [0.5, 0.6) is 0 Å². The average Bonchev–Trinajstić information content (AvgIpc) is 3.38. The third-order valence-electron chi connectivity index (χ3n) is 5.58. The Labute approximate surface area is 194 Å². The SMILES string of the molecule is CCNC(=NCc1cccc(NC(=O)c2ccco2)c1)N1CCOC(c2ccccc2C)C1. The van der Waals surface area contributed by atoms with Gasteiger partial charge in [0.2, 0.25) is 0 Å². The molecule has 2 heterocycles. The number of furan rings is 1. The number of morpholine rings is 1. The summed E-state index contributed by atoms with van der Waals surface area (Å²) in [7, 11) is 0. The summed E-state index contributed by atoms with van der Waals surface area (Å²) < 4.78 is 11.2. The third kappa shape index (κ3) is 5.81. The van der Waals surface area contributed by atoms with Crippen molar-refractivity contribution in [3.8, 4) is 0 Å². The fraction of sp³-hybridized carbons (Fsp3) is 0.308. The molecule has 1 aliphatic heterocycles. The zero-order chi connectivity index (χ0) is 23.0. The van der Waals surface area contributed by atoms with Crippen LogP contribution in [0.25, 0.3) is 0 Å². The number of carbonyl (C=O) groups excluding carboxylic acids is 1. The minimum atomic E-state index is -0.274. The first-order valence-electron chi connectivity index (χ1n) is 11.3. The second kappa shape index (κ2) is 10.8. The van der Waals surface area contributed by atoms with Crippen molar-refractivity contribution in [1.82, 2.24) is 10.2 Å². The van der Waals surface area contributed by atoms with Crippen LogP contribution in [0.3, 0.4) is 0 Å². The van der Waals surface area contributed by atoms with Crippen molar-refractivity contribution in [1.29, 1.82) is 0 Å². The van der Waals surface area contributed by atoms with Crippen molar-refractivity contribution in [3.63, 3.8) is 0 Å². The van der Waals surface area contributed by atoms with E-state index in [1.807, 2.05) is 24.3 Å². The van der Waals surface area contributed by atoms with E-state index in [1.54, 1.807) is 12.1 Å². The van der Waals surface area contributed by atoms with Crippen LogP contribution in [0, 0.1) is 6.92 Å². The molecule has 1 aromatic heterocycles. The number of hydrogen-bond donors (Lipinski definition) is 2. The lowest BCUT2D eigenvalue weighted by molar-refractivity contribution is -0.00834. The maximum Gasteiger partial charge on any atom is 0.291 e. The molecule has 1 saturated heterocycles. The quantitative estimate of drug-likeness (QED) is 0.434.